The van der Waals surface area contributed by atoms with Crippen LogP contribution < -0.4 is 10.6 Å². The molecule has 2 rings (SSSR count). The van der Waals surface area contributed by atoms with E-state index in [1.165, 1.54) is 0 Å². The number of carbonyl (C=O) groups is 1. The number of pyridine rings is 1. The smallest absolute Gasteiger partial charge is 0.225 e. The fourth-order valence-corrected chi connectivity index (χ4v) is 1.84. The summed E-state index contributed by atoms with van der Waals surface area (Å²) < 4.78 is 0. The Morgan fingerprint density at radius 1 is 1.24 bits per heavy atom. The van der Waals surface area contributed by atoms with Crippen molar-refractivity contribution in [2.75, 3.05) is 11.9 Å². The molecule has 0 fully saturated rings. The third-order valence-electron chi connectivity index (χ3n) is 2.90. The molecule has 0 spiro atoms. The Bertz CT molecular complexity index is 634. The molecule has 0 aliphatic carbocycles. The van der Waals surface area contributed by atoms with Crippen molar-refractivity contribution >= 4 is 11.6 Å². The van der Waals surface area contributed by atoms with Gasteiger partial charge in [-0.3, -0.25) is 9.78 Å². The summed E-state index contributed by atoms with van der Waals surface area (Å²) in [6.07, 6.45) is 3.86. The summed E-state index contributed by atoms with van der Waals surface area (Å²) >= 11 is 0. The second-order valence-corrected chi connectivity index (χ2v) is 4.49. The minimum absolute atomic E-state index is 0.114. The number of hydrogen-bond acceptors (Lipinski definition) is 4. The third-order valence-corrected chi connectivity index (χ3v) is 2.90. The average Bonchev–Trinajstić information content (AvgIpc) is 2.53. The van der Waals surface area contributed by atoms with Gasteiger partial charge in [0.2, 0.25) is 5.91 Å². The first kappa shape index (κ1) is 14.7. The number of anilines is 1. The van der Waals surface area contributed by atoms with Crippen molar-refractivity contribution in [3.05, 3.63) is 59.9 Å². The van der Waals surface area contributed by atoms with Crippen LogP contribution in [0.25, 0.3) is 0 Å². The molecule has 1 heterocycles. The van der Waals surface area contributed by atoms with E-state index in [1.54, 1.807) is 36.7 Å². The standard InChI is InChI=1S/C16H16N4O/c17-10-14-5-1-2-6-15(14)20-16(21)7-9-19-12-13-4-3-8-18-11-13/h1-6,8,11,19H,7,9,12H2,(H,20,21). The number of rotatable bonds is 6. The lowest BCUT2D eigenvalue weighted by atomic mass is 10.2. The first-order valence-corrected chi connectivity index (χ1v) is 6.68. The van der Waals surface area contributed by atoms with Crippen molar-refractivity contribution in [3.8, 4) is 6.07 Å². The molecule has 5 heteroatoms. The summed E-state index contributed by atoms with van der Waals surface area (Å²) in [5.41, 5.74) is 2.10. The highest BCUT2D eigenvalue weighted by molar-refractivity contribution is 5.92. The maximum absolute atomic E-state index is 11.8. The van der Waals surface area contributed by atoms with Gasteiger partial charge in [0.05, 0.1) is 11.3 Å². The van der Waals surface area contributed by atoms with Gasteiger partial charge in [-0.1, -0.05) is 18.2 Å². The van der Waals surface area contributed by atoms with Crippen molar-refractivity contribution in [2.45, 2.75) is 13.0 Å². The van der Waals surface area contributed by atoms with Crippen LogP contribution in [0.3, 0.4) is 0 Å². The first-order valence-electron chi connectivity index (χ1n) is 6.68. The molecule has 0 saturated carbocycles. The molecule has 1 aromatic heterocycles. The lowest BCUT2D eigenvalue weighted by Gasteiger charge is -2.07. The fourth-order valence-electron chi connectivity index (χ4n) is 1.84. The Labute approximate surface area is 123 Å². The van der Waals surface area contributed by atoms with Gasteiger partial charge in [0.25, 0.3) is 0 Å². The second kappa shape index (κ2) is 7.78. The Kier molecular flexibility index (Phi) is 5.44. The number of aromatic nitrogens is 1. The van der Waals surface area contributed by atoms with Gasteiger partial charge in [-0.15, -0.1) is 0 Å². The van der Waals surface area contributed by atoms with Crippen LogP contribution in [0.1, 0.15) is 17.5 Å². The normalized spacial score (nSPS) is 9.86. The lowest BCUT2D eigenvalue weighted by Crippen LogP contribution is -2.21. The predicted molar refractivity (Wildman–Crippen MR) is 80.3 cm³/mol. The summed E-state index contributed by atoms with van der Waals surface area (Å²) in [5, 5.41) is 14.9. The molecular formula is C16H16N4O. The number of hydrogen-bond donors (Lipinski definition) is 2. The number of amides is 1. The van der Waals surface area contributed by atoms with Crippen LogP contribution in [0.5, 0.6) is 0 Å². The Hall–Kier alpha value is -2.71. The first-order chi connectivity index (χ1) is 10.3. The number of nitrogens with zero attached hydrogens (tertiary/aromatic N) is 2. The van der Waals surface area contributed by atoms with Crippen molar-refractivity contribution in [3.63, 3.8) is 0 Å². The van der Waals surface area contributed by atoms with E-state index in [4.69, 9.17) is 5.26 Å². The maximum atomic E-state index is 11.8. The van der Waals surface area contributed by atoms with Gasteiger partial charge in [0.15, 0.2) is 0 Å². The number of para-hydroxylation sites is 1. The van der Waals surface area contributed by atoms with Gasteiger partial charge in [-0.2, -0.15) is 5.26 Å². The molecule has 2 N–H and O–H groups in total. The van der Waals surface area contributed by atoms with Crippen LogP contribution in [0.4, 0.5) is 5.69 Å². The molecule has 0 unspecified atom stereocenters. The molecule has 1 amide bonds. The van der Waals surface area contributed by atoms with Crippen molar-refractivity contribution in [2.24, 2.45) is 0 Å². The molecule has 0 atom stereocenters. The summed E-state index contributed by atoms with van der Waals surface area (Å²) in [6.45, 7) is 1.24. The molecular weight excluding hydrogens is 264 g/mol. The van der Waals surface area contributed by atoms with Gasteiger partial charge in [-0.25, -0.2) is 0 Å². The zero-order valence-corrected chi connectivity index (χ0v) is 11.5. The van der Waals surface area contributed by atoms with Crippen LogP contribution in [0, 0.1) is 11.3 Å². The van der Waals surface area contributed by atoms with E-state index in [-0.39, 0.29) is 5.91 Å². The van der Waals surface area contributed by atoms with E-state index in [0.717, 1.165) is 5.56 Å². The van der Waals surface area contributed by atoms with Crippen LogP contribution in [-0.4, -0.2) is 17.4 Å². The topological polar surface area (TPSA) is 77.8 Å². The molecule has 0 radical (unpaired) electrons. The van der Waals surface area contributed by atoms with E-state index in [1.807, 2.05) is 12.1 Å². The summed E-state index contributed by atoms with van der Waals surface area (Å²) in [7, 11) is 0. The molecule has 0 aliphatic rings. The monoisotopic (exact) mass is 280 g/mol. The minimum atomic E-state index is -0.114. The van der Waals surface area contributed by atoms with Crippen molar-refractivity contribution in [1.29, 1.82) is 5.26 Å². The summed E-state index contributed by atoms with van der Waals surface area (Å²) in [5.74, 6) is -0.114. The minimum Gasteiger partial charge on any atom is -0.325 e. The van der Waals surface area contributed by atoms with Gasteiger partial charge >= 0.3 is 0 Å². The highest BCUT2D eigenvalue weighted by Crippen LogP contribution is 2.13. The SMILES string of the molecule is N#Cc1ccccc1NC(=O)CCNCc1cccnc1. The molecule has 0 bridgehead atoms. The maximum Gasteiger partial charge on any atom is 0.225 e. The molecule has 106 valence electrons. The van der Waals surface area contributed by atoms with Crippen molar-refractivity contribution in [1.82, 2.24) is 10.3 Å². The van der Waals surface area contributed by atoms with E-state index in [9.17, 15) is 4.79 Å². The number of carbonyl (C=O) groups excluding carboxylic acids is 1. The van der Waals surface area contributed by atoms with Crippen LogP contribution in [-0.2, 0) is 11.3 Å². The van der Waals surface area contributed by atoms with Gasteiger partial charge in [-0.05, 0) is 23.8 Å². The number of benzene rings is 1. The Morgan fingerprint density at radius 2 is 2.10 bits per heavy atom. The van der Waals surface area contributed by atoms with Crippen LogP contribution >= 0.6 is 0 Å². The van der Waals surface area contributed by atoms with Gasteiger partial charge in [0, 0.05) is 31.9 Å². The van der Waals surface area contributed by atoms with Crippen LogP contribution in [0.2, 0.25) is 0 Å². The fraction of sp³-hybridized carbons (Fsp3) is 0.188. The van der Waals surface area contributed by atoms with Crippen LogP contribution in [0.15, 0.2) is 48.8 Å². The zero-order valence-electron chi connectivity index (χ0n) is 11.5. The summed E-state index contributed by atoms with van der Waals surface area (Å²) in [4.78, 5) is 15.8. The molecule has 21 heavy (non-hydrogen) atoms. The molecule has 1 aromatic carbocycles. The lowest BCUT2D eigenvalue weighted by molar-refractivity contribution is -0.116. The quantitative estimate of drug-likeness (QED) is 0.794. The highest BCUT2D eigenvalue weighted by atomic mass is 16.1. The highest BCUT2D eigenvalue weighted by Gasteiger charge is 2.05. The Balaban J connectivity index is 1.74. The second-order valence-electron chi connectivity index (χ2n) is 4.49. The average molecular weight is 280 g/mol. The van der Waals surface area contributed by atoms with Crippen molar-refractivity contribution < 1.29 is 4.79 Å². The van der Waals surface area contributed by atoms with E-state index in [2.05, 4.69) is 21.7 Å². The summed E-state index contributed by atoms with van der Waals surface area (Å²) in [6, 6.07) is 12.9. The number of nitrogens with one attached hydrogen (secondary N) is 2. The molecule has 0 aliphatic heterocycles. The largest absolute Gasteiger partial charge is 0.325 e. The number of nitriles is 1. The molecule has 0 saturated heterocycles. The van der Waals surface area contributed by atoms with Gasteiger partial charge < -0.3 is 10.6 Å². The molecule has 5 nitrogen and oxygen atoms in total. The van der Waals surface area contributed by atoms with E-state index >= 15 is 0 Å². The Morgan fingerprint density at radius 3 is 2.86 bits per heavy atom. The van der Waals surface area contributed by atoms with Gasteiger partial charge in [0.1, 0.15) is 6.07 Å². The predicted octanol–water partition coefficient (Wildman–Crippen LogP) is 2.07. The van der Waals surface area contributed by atoms with E-state index in [0.29, 0.717) is 30.8 Å². The van der Waals surface area contributed by atoms with E-state index < -0.39 is 0 Å². The zero-order chi connectivity index (χ0) is 14.9. The molecule has 2 aromatic rings. The third kappa shape index (κ3) is 4.71.